The number of hydrogen-bond acceptors (Lipinski definition) is 1. The zero-order chi connectivity index (χ0) is 30.2. The van der Waals surface area contributed by atoms with E-state index in [1.54, 1.807) is 0 Å². The normalized spacial score (nSPS) is 14.4. The summed E-state index contributed by atoms with van der Waals surface area (Å²) in [6, 6.07) is 0. The molecule has 224 valence electrons. The van der Waals surface area contributed by atoms with Gasteiger partial charge in [0.05, 0.1) is 0 Å². The fraction of sp³-hybridized carbons (Fsp3) is 1.00. The minimum absolute atomic E-state index is 0.333. The Balaban J connectivity index is -0.000000179. The van der Waals surface area contributed by atoms with Crippen LogP contribution in [0.15, 0.2) is 0 Å². The van der Waals surface area contributed by atoms with Crippen LogP contribution < -0.4 is 0 Å². The molecule has 0 radical (unpaired) electrons. The van der Waals surface area contributed by atoms with Crippen molar-refractivity contribution in [2.24, 2.45) is 33.5 Å². The van der Waals surface area contributed by atoms with E-state index in [9.17, 15) is 0 Å². The second-order valence-electron chi connectivity index (χ2n) is 17.7. The lowest BCUT2D eigenvalue weighted by Crippen LogP contribution is -2.34. The maximum absolute atomic E-state index is 2.32. The van der Waals surface area contributed by atoms with Crippen LogP contribution >= 0.6 is 0 Å². The number of nitrogens with zero attached hydrogens (tertiary/aromatic N) is 1. The fourth-order valence-electron chi connectivity index (χ4n) is 3.16. The first kappa shape index (κ1) is 43.0. The van der Waals surface area contributed by atoms with Crippen LogP contribution in [0.4, 0.5) is 0 Å². The third kappa shape index (κ3) is 54.7. The summed E-state index contributed by atoms with van der Waals surface area (Å²) in [4.78, 5) is 2.19. The molecule has 0 heterocycles. The molecule has 1 fully saturated rings. The van der Waals surface area contributed by atoms with Crippen molar-refractivity contribution in [3.8, 4) is 0 Å². The Morgan fingerprint density at radius 1 is 0.611 bits per heavy atom. The molecule has 1 heteroatoms. The quantitative estimate of drug-likeness (QED) is 0.362. The van der Waals surface area contributed by atoms with Crippen LogP contribution in [0.2, 0.25) is 0 Å². The molecule has 0 aromatic heterocycles. The van der Waals surface area contributed by atoms with E-state index >= 15 is 0 Å². The third-order valence-corrected chi connectivity index (χ3v) is 6.02. The molecule has 0 aromatic rings. The van der Waals surface area contributed by atoms with Gasteiger partial charge < -0.3 is 4.90 Å². The largest absolute Gasteiger partial charge is 0.305 e. The summed E-state index contributed by atoms with van der Waals surface area (Å²) in [5, 5.41) is 0. The molecule has 1 nitrogen and oxygen atoms in total. The van der Waals surface area contributed by atoms with E-state index in [-0.39, 0.29) is 0 Å². The predicted molar refractivity (Wildman–Crippen MR) is 173 cm³/mol. The van der Waals surface area contributed by atoms with Gasteiger partial charge in [-0.25, -0.2) is 0 Å². The first-order chi connectivity index (χ1) is 15.6. The van der Waals surface area contributed by atoms with Gasteiger partial charge in [0.25, 0.3) is 0 Å². The molecule has 1 rings (SSSR count). The molecule has 0 bridgehead atoms. The Hall–Kier alpha value is -0.0400. The Bertz CT molecular complexity index is 445. The molecule has 0 atom stereocenters. The summed E-state index contributed by atoms with van der Waals surface area (Å²) in [5.41, 5.74) is 2.53. The Morgan fingerprint density at radius 3 is 0.972 bits per heavy atom. The molecule has 0 spiro atoms. The van der Waals surface area contributed by atoms with Crippen LogP contribution in [-0.2, 0) is 0 Å². The van der Waals surface area contributed by atoms with Crippen molar-refractivity contribution in [1.82, 2.24) is 4.90 Å². The standard InChI is InChI=1S/C8H16.C8H18.C7H16.C6H15N.C6H14/c1-8(2,3)6-7-4-5-7;1-7(2)6-8(3,4)5;1-5-6-7(2,3)4;1-6(2,3)7(4)5;1-5-6(2,3)4/h7H,4-6H2,1-3H3;7H,6H2,1-5H3;5-6H2,1-4H3;1-5H3;5H2,1-4H3. The van der Waals surface area contributed by atoms with Crippen LogP contribution in [0.3, 0.4) is 0 Å². The van der Waals surface area contributed by atoms with Gasteiger partial charge in [-0.1, -0.05) is 136 Å². The van der Waals surface area contributed by atoms with E-state index in [1.165, 1.54) is 44.9 Å². The molecule has 0 amide bonds. The highest BCUT2D eigenvalue weighted by Crippen LogP contribution is 2.39. The summed E-state index contributed by atoms with van der Waals surface area (Å²) >= 11 is 0. The average molecular weight is 514 g/mol. The molecule has 0 aromatic carbocycles. The van der Waals surface area contributed by atoms with Gasteiger partial charge in [-0.3, -0.25) is 0 Å². The lowest BCUT2D eigenvalue weighted by atomic mass is 9.86. The van der Waals surface area contributed by atoms with Crippen molar-refractivity contribution in [3.63, 3.8) is 0 Å². The van der Waals surface area contributed by atoms with Crippen molar-refractivity contribution in [1.29, 1.82) is 0 Å². The van der Waals surface area contributed by atoms with Gasteiger partial charge >= 0.3 is 0 Å². The second-order valence-corrected chi connectivity index (χ2v) is 17.7. The highest BCUT2D eigenvalue weighted by molar-refractivity contribution is 4.78. The van der Waals surface area contributed by atoms with Gasteiger partial charge in [0.2, 0.25) is 0 Å². The van der Waals surface area contributed by atoms with Gasteiger partial charge in [0.1, 0.15) is 0 Å². The van der Waals surface area contributed by atoms with Gasteiger partial charge in [0, 0.05) is 5.54 Å². The van der Waals surface area contributed by atoms with Crippen LogP contribution in [0.1, 0.15) is 176 Å². The van der Waals surface area contributed by atoms with Crippen molar-refractivity contribution in [3.05, 3.63) is 0 Å². The third-order valence-electron chi connectivity index (χ3n) is 6.02. The Morgan fingerprint density at radius 2 is 0.944 bits per heavy atom. The maximum atomic E-state index is 2.32. The molecular weight excluding hydrogens is 434 g/mol. The molecule has 1 saturated carbocycles. The fourth-order valence-corrected chi connectivity index (χ4v) is 3.16. The first-order valence-electron chi connectivity index (χ1n) is 15.2. The summed E-state index contributed by atoms with van der Waals surface area (Å²) in [5.74, 6) is 1.94. The molecule has 1 aliphatic rings. The minimum Gasteiger partial charge on any atom is -0.305 e. The highest BCUT2D eigenvalue weighted by atomic mass is 15.1. The van der Waals surface area contributed by atoms with Gasteiger partial charge in [-0.2, -0.15) is 0 Å². The van der Waals surface area contributed by atoms with E-state index in [0.29, 0.717) is 27.2 Å². The SMILES string of the molecule is CC(C)(C)CC1CC1.CC(C)CC(C)(C)C.CCC(C)(C)C.CCCC(C)(C)C.CN(C)C(C)(C)C. The molecule has 36 heavy (non-hydrogen) atoms. The highest BCUT2D eigenvalue weighted by Gasteiger charge is 2.26. The van der Waals surface area contributed by atoms with Gasteiger partial charge in [-0.15, -0.1) is 0 Å². The summed E-state index contributed by atoms with van der Waals surface area (Å²) in [6.07, 6.45) is 9.68. The van der Waals surface area contributed by atoms with Gasteiger partial charge in [-0.05, 0) is 87.6 Å². The molecule has 0 unspecified atom stereocenters. The maximum Gasteiger partial charge on any atom is 0.0118 e. The molecule has 1 aliphatic carbocycles. The monoisotopic (exact) mass is 514 g/mol. The Labute approximate surface area is 234 Å². The summed E-state index contributed by atoms with van der Waals surface area (Å²) < 4.78 is 0. The summed E-state index contributed by atoms with van der Waals surface area (Å²) in [7, 11) is 4.17. The van der Waals surface area contributed by atoms with E-state index in [2.05, 4.69) is 151 Å². The molecule has 0 aliphatic heterocycles. The zero-order valence-corrected chi connectivity index (χ0v) is 30.1. The van der Waals surface area contributed by atoms with Crippen LogP contribution in [0.5, 0.6) is 0 Å². The lowest BCUT2D eigenvalue weighted by Gasteiger charge is -2.27. The summed E-state index contributed by atoms with van der Waals surface area (Å²) in [6.45, 7) is 42.9. The number of hydrogen-bond donors (Lipinski definition) is 0. The number of rotatable bonds is 3. The lowest BCUT2D eigenvalue weighted by molar-refractivity contribution is 0.219. The van der Waals surface area contributed by atoms with Crippen LogP contribution in [0, 0.1) is 33.5 Å². The van der Waals surface area contributed by atoms with Gasteiger partial charge in [0.15, 0.2) is 0 Å². The van der Waals surface area contributed by atoms with Crippen molar-refractivity contribution < 1.29 is 0 Å². The van der Waals surface area contributed by atoms with Crippen LogP contribution in [0.25, 0.3) is 0 Å². The topological polar surface area (TPSA) is 3.24 Å². The molecular formula is C35H79N. The first-order valence-corrected chi connectivity index (χ1v) is 15.2. The smallest absolute Gasteiger partial charge is 0.0118 e. The van der Waals surface area contributed by atoms with E-state index < -0.39 is 0 Å². The second kappa shape index (κ2) is 19.1. The molecule has 0 N–H and O–H groups in total. The Kier molecular flexibility index (Phi) is 22.8. The van der Waals surface area contributed by atoms with Crippen molar-refractivity contribution >= 4 is 0 Å². The van der Waals surface area contributed by atoms with E-state index in [4.69, 9.17) is 0 Å². The van der Waals surface area contributed by atoms with Crippen molar-refractivity contribution in [2.45, 2.75) is 182 Å². The van der Waals surface area contributed by atoms with Crippen LogP contribution in [-0.4, -0.2) is 24.5 Å². The minimum atomic E-state index is 0.333. The predicted octanol–water partition coefficient (Wildman–Crippen LogP) is 12.5. The zero-order valence-electron chi connectivity index (χ0n) is 30.1. The van der Waals surface area contributed by atoms with Crippen molar-refractivity contribution in [2.75, 3.05) is 14.1 Å². The van der Waals surface area contributed by atoms with E-state index in [0.717, 1.165) is 11.8 Å². The molecule has 0 saturated heterocycles. The van der Waals surface area contributed by atoms with E-state index in [1.807, 2.05) is 0 Å². The average Bonchev–Trinajstić information content (AvgIpc) is 3.34.